The summed E-state index contributed by atoms with van der Waals surface area (Å²) in [6.45, 7) is 6.87. The highest BCUT2D eigenvalue weighted by Crippen LogP contribution is 2.29. The minimum absolute atomic E-state index is 0.0974. The number of thiocarbonyl (C=S) groups is 1. The third kappa shape index (κ3) is 6.69. The first-order chi connectivity index (χ1) is 16.8. The molecule has 186 valence electrons. The van der Waals surface area contributed by atoms with E-state index in [4.69, 9.17) is 21.7 Å². The Morgan fingerprint density at radius 2 is 1.54 bits per heavy atom. The van der Waals surface area contributed by atoms with Crippen LogP contribution >= 0.6 is 12.2 Å². The molecule has 0 bridgehead atoms. The maximum atomic E-state index is 13.4. The summed E-state index contributed by atoms with van der Waals surface area (Å²) in [5, 5.41) is 5.82. The maximum Gasteiger partial charge on any atom is 0.256 e. The van der Waals surface area contributed by atoms with Crippen LogP contribution < -0.4 is 25.0 Å². The summed E-state index contributed by atoms with van der Waals surface area (Å²) >= 11 is 5.62. The van der Waals surface area contributed by atoms with E-state index >= 15 is 0 Å². The first kappa shape index (κ1) is 26.0. The summed E-state index contributed by atoms with van der Waals surface area (Å²) < 4.78 is 10.9. The molecule has 0 aliphatic carbocycles. The number of carbonyl (C=O) groups excluding carboxylic acids is 3. The number of amides is 3. The van der Waals surface area contributed by atoms with Crippen LogP contribution in [0.15, 0.2) is 48.5 Å². The molecule has 0 saturated carbocycles. The molecule has 0 aromatic heterocycles. The highest BCUT2D eigenvalue weighted by atomic mass is 32.1. The van der Waals surface area contributed by atoms with Crippen molar-refractivity contribution in [1.82, 2.24) is 10.2 Å². The predicted octanol–water partition coefficient (Wildman–Crippen LogP) is 2.95. The van der Waals surface area contributed by atoms with Crippen molar-refractivity contribution in [3.8, 4) is 11.5 Å². The van der Waals surface area contributed by atoms with Gasteiger partial charge in [0.05, 0.1) is 25.3 Å². The zero-order valence-corrected chi connectivity index (χ0v) is 20.9. The fraction of sp³-hybridized carbons (Fsp3) is 0.360. The van der Waals surface area contributed by atoms with Crippen molar-refractivity contribution in [2.45, 2.75) is 33.2 Å². The molecule has 1 heterocycles. The maximum absolute atomic E-state index is 13.4. The summed E-state index contributed by atoms with van der Waals surface area (Å²) in [5.41, 5.74) is 1.18. The fourth-order valence-electron chi connectivity index (χ4n) is 3.72. The summed E-state index contributed by atoms with van der Waals surface area (Å²) in [7, 11) is 0. The van der Waals surface area contributed by atoms with Crippen molar-refractivity contribution >= 4 is 46.4 Å². The number of rotatable bonds is 11. The Kier molecular flexibility index (Phi) is 9.02. The van der Waals surface area contributed by atoms with E-state index < -0.39 is 6.04 Å². The quantitative estimate of drug-likeness (QED) is 0.460. The Morgan fingerprint density at radius 1 is 0.971 bits per heavy atom. The van der Waals surface area contributed by atoms with Crippen molar-refractivity contribution < 1.29 is 23.9 Å². The van der Waals surface area contributed by atoms with Crippen molar-refractivity contribution in [3.63, 3.8) is 0 Å². The van der Waals surface area contributed by atoms with Crippen LogP contribution in [0.5, 0.6) is 11.5 Å². The van der Waals surface area contributed by atoms with Crippen molar-refractivity contribution in [2.24, 2.45) is 0 Å². The number of nitrogens with zero attached hydrogens (tertiary/aromatic N) is 2. The Hall–Kier alpha value is -3.66. The van der Waals surface area contributed by atoms with E-state index in [2.05, 4.69) is 10.6 Å². The Bertz CT molecular complexity index is 1060. The molecule has 1 fully saturated rings. The second kappa shape index (κ2) is 12.2. The second-order valence-electron chi connectivity index (χ2n) is 7.78. The first-order valence-electron chi connectivity index (χ1n) is 11.5. The van der Waals surface area contributed by atoms with Crippen LogP contribution in [-0.2, 0) is 14.4 Å². The number of benzene rings is 2. The molecule has 1 atom stereocenters. The van der Waals surface area contributed by atoms with Gasteiger partial charge in [-0.05, 0) is 74.6 Å². The van der Waals surface area contributed by atoms with Gasteiger partial charge in [-0.2, -0.15) is 0 Å². The molecular formula is C25H30N4O5S. The molecule has 1 aliphatic heterocycles. The monoisotopic (exact) mass is 498 g/mol. The Morgan fingerprint density at radius 3 is 2.09 bits per heavy atom. The van der Waals surface area contributed by atoms with E-state index in [1.165, 1.54) is 11.8 Å². The van der Waals surface area contributed by atoms with Crippen LogP contribution in [0.3, 0.4) is 0 Å². The van der Waals surface area contributed by atoms with Crippen LogP contribution in [0, 0.1) is 0 Å². The molecule has 3 amide bonds. The molecule has 3 rings (SSSR count). The molecule has 35 heavy (non-hydrogen) atoms. The van der Waals surface area contributed by atoms with Crippen molar-refractivity contribution in [2.75, 3.05) is 36.5 Å². The Balaban J connectivity index is 1.76. The molecule has 2 aromatic rings. The van der Waals surface area contributed by atoms with Crippen LogP contribution in [-0.4, -0.2) is 60.1 Å². The highest BCUT2D eigenvalue weighted by molar-refractivity contribution is 7.80. The van der Waals surface area contributed by atoms with Gasteiger partial charge < -0.3 is 25.0 Å². The summed E-state index contributed by atoms with van der Waals surface area (Å²) in [6.07, 6.45) is -0.0974. The number of hydrogen-bond acceptors (Lipinski definition) is 6. The van der Waals surface area contributed by atoms with E-state index in [1.807, 2.05) is 13.8 Å². The van der Waals surface area contributed by atoms with Crippen LogP contribution in [0.2, 0.25) is 0 Å². The molecule has 0 radical (unpaired) electrons. The Labute approximate surface area is 210 Å². The summed E-state index contributed by atoms with van der Waals surface area (Å²) in [6, 6.07) is 13.3. The minimum Gasteiger partial charge on any atom is -0.494 e. The summed E-state index contributed by atoms with van der Waals surface area (Å²) in [4.78, 5) is 40.7. The van der Waals surface area contributed by atoms with Crippen molar-refractivity contribution in [1.29, 1.82) is 0 Å². The molecule has 1 saturated heterocycles. The van der Waals surface area contributed by atoms with E-state index in [9.17, 15) is 14.4 Å². The third-order valence-electron chi connectivity index (χ3n) is 5.28. The van der Waals surface area contributed by atoms with Gasteiger partial charge in [0.15, 0.2) is 5.11 Å². The zero-order valence-electron chi connectivity index (χ0n) is 20.1. The van der Waals surface area contributed by atoms with Crippen molar-refractivity contribution in [3.05, 3.63) is 48.5 Å². The van der Waals surface area contributed by atoms with Gasteiger partial charge in [-0.15, -0.1) is 0 Å². The van der Waals surface area contributed by atoms with Gasteiger partial charge in [-0.3, -0.25) is 19.3 Å². The lowest BCUT2D eigenvalue weighted by Gasteiger charge is -2.24. The topological polar surface area (TPSA) is 100 Å². The highest BCUT2D eigenvalue weighted by Gasteiger charge is 2.43. The molecule has 10 heteroatoms. The molecule has 0 unspecified atom stereocenters. The third-order valence-corrected chi connectivity index (χ3v) is 5.70. The zero-order chi connectivity index (χ0) is 25.4. The summed E-state index contributed by atoms with van der Waals surface area (Å²) in [5.74, 6) is 0.575. The molecular weight excluding hydrogens is 468 g/mol. The minimum atomic E-state index is -0.800. The van der Waals surface area contributed by atoms with E-state index in [0.717, 1.165) is 0 Å². The largest absolute Gasteiger partial charge is 0.494 e. The van der Waals surface area contributed by atoms with E-state index in [0.29, 0.717) is 42.6 Å². The smallest absolute Gasteiger partial charge is 0.256 e. The lowest BCUT2D eigenvalue weighted by atomic mass is 10.1. The van der Waals surface area contributed by atoms with Gasteiger partial charge in [0.25, 0.3) is 5.91 Å². The average Bonchev–Trinajstić information content (AvgIpc) is 3.05. The fourth-order valence-corrected chi connectivity index (χ4v) is 4.14. The van der Waals surface area contributed by atoms with Gasteiger partial charge >= 0.3 is 0 Å². The normalized spacial score (nSPS) is 15.2. The van der Waals surface area contributed by atoms with Gasteiger partial charge in [0.1, 0.15) is 17.5 Å². The lowest BCUT2D eigenvalue weighted by molar-refractivity contribution is -0.124. The number of nitrogens with one attached hydrogen (secondary N) is 2. The molecule has 1 aliphatic rings. The molecule has 2 N–H and O–H groups in total. The first-order valence-corrected chi connectivity index (χ1v) is 11.9. The van der Waals surface area contributed by atoms with Crippen LogP contribution in [0.4, 0.5) is 11.4 Å². The van der Waals surface area contributed by atoms with Gasteiger partial charge in [0.2, 0.25) is 11.8 Å². The van der Waals surface area contributed by atoms with Gasteiger partial charge in [-0.1, -0.05) is 0 Å². The van der Waals surface area contributed by atoms with E-state index in [1.54, 1.807) is 53.4 Å². The number of carbonyl (C=O) groups is 3. The molecule has 0 spiro atoms. The number of ether oxygens (including phenoxy) is 2. The average molecular weight is 499 g/mol. The molecule has 9 nitrogen and oxygen atoms in total. The molecule has 2 aromatic carbocycles. The van der Waals surface area contributed by atoms with Gasteiger partial charge in [-0.25, -0.2) is 0 Å². The number of hydrogen-bond donors (Lipinski definition) is 2. The van der Waals surface area contributed by atoms with Gasteiger partial charge in [0, 0.05) is 25.7 Å². The lowest BCUT2D eigenvalue weighted by Crippen LogP contribution is -2.42. The number of anilines is 2. The van der Waals surface area contributed by atoms with E-state index in [-0.39, 0.29) is 35.8 Å². The predicted molar refractivity (Wildman–Crippen MR) is 138 cm³/mol. The van der Waals surface area contributed by atoms with Crippen LogP contribution in [0.25, 0.3) is 0 Å². The second-order valence-corrected chi connectivity index (χ2v) is 8.15. The standard InChI is InChI=1S/C25H30N4O5S/c1-4-33-20-10-6-18(7-11-20)27-23(31)16-22-24(32)29(19-8-12-21(13-9-19)34-5-2)25(35)28(22)15-14-26-17(3)30/h6-13,22H,4-5,14-16H2,1-3H3,(H,26,30)(H,27,31)/t22-/m1/s1. The van der Waals surface area contributed by atoms with Crippen LogP contribution in [0.1, 0.15) is 27.2 Å². The SMILES string of the molecule is CCOc1ccc(NC(=O)C[C@@H]2C(=O)N(c3ccc(OCC)cc3)C(=S)N2CCNC(C)=O)cc1.